The third kappa shape index (κ3) is 7.94. The molecule has 1 saturated carbocycles. The molecule has 0 radical (unpaired) electrons. The SMILES string of the molecule is CNC(=O)COc1cc2cc(Nc3nc(N4CCC(O[C@H]5C[C@H](N6CC7(CN(c8ccc9c(c8)C(=O)N(C8CCC(=O)NC8=O)C9=O)C7)C6)C5)CC4)ncc3Cl)ccc2n(C(C)C)c1=O. The molecule has 1 unspecified atom stereocenters. The van der Waals surface area contributed by atoms with E-state index in [-0.39, 0.29) is 60.3 Å². The number of likely N-dealkylation sites (tertiary alicyclic amines) is 1. The third-order valence-corrected chi connectivity index (χ3v) is 14.0. The second-order valence-corrected chi connectivity index (χ2v) is 18.9. The number of nitrogens with zero attached hydrogens (tertiary/aromatic N) is 7. The van der Waals surface area contributed by atoms with Gasteiger partial charge in [-0.05, 0) is 88.4 Å². The number of hydrogen-bond acceptors (Lipinski definition) is 14. The first kappa shape index (κ1) is 42.8. The van der Waals surface area contributed by atoms with Gasteiger partial charge in [-0.3, -0.25) is 43.9 Å². The lowest BCUT2D eigenvalue weighted by atomic mass is 9.70. The number of amides is 5. The first-order chi connectivity index (χ1) is 31.3. The molecule has 2 aromatic carbocycles. The van der Waals surface area contributed by atoms with Crippen molar-refractivity contribution < 1.29 is 33.4 Å². The molecule has 5 fully saturated rings. The molecule has 2 aromatic heterocycles. The highest BCUT2D eigenvalue weighted by Crippen LogP contribution is 2.46. The Labute approximate surface area is 379 Å². The fraction of sp³-hybridized carbons (Fsp3) is 0.478. The van der Waals surface area contributed by atoms with Gasteiger partial charge in [-0.15, -0.1) is 0 Å². The predicted octanol–water partition coefficient (Wildman–Crippen LogP) is 3.63. The summed E-state index contributed by atoms with van der Waals surface area (Å²) in [6, 6.07) is 12.0. The molecule has 1 atom stereocenters. The standard InChI is InChI=1S/C46H51ClN10O8/c1-25(2)56-35-7-4-27(14-26(35)15-37(44(56)63)64-20-39(59)48-3)50-40-34(47)19-49-45(52-40)53-12-10-30(11-13-53)65-31-16-29(17-31)55-23-46(24-55)21-54(22-46)28-5-6-32-33(18-28)43(62)57(42(32)61)36-8-9-38(58)51-41(36)60/h4-7,14-15,18-19,25,29-31,36H,8-13,16-17,20-24H2,1-3H3,(H,48,59)(H,49,50,52)(H,51,58,60)/t29-,31-,36?. The van der Waals surface area contributed by atoms with Crippen LogP contribution in [-0.2, 0) is 19.1 Å². The van der Waals surface area contributed by atoms with Crippen LogP contribution >= 0.6 is 11.6 Å². The van der Waals surface area contributed by atoms with E-state index in [1.54, 1.807) is 29.0 Å². The highest BCUT2D eigenvalue weighted by molar-refractivity contribution is 6.33. The maximum absolute atomic E-state index is 13.3. The lowest BCUT2D eigenvalue weighted by Gasteiger charge is -2.64. The number of ether oxygens (including phenoxy) is 2. The summed E-state index contributed by atoms with van der Waals surface area (Å²) >= 11 is 6.60. The maximum atomic E-state index is 13.3. The van der Waals surface area contributed by atoms with Crippen molar-refractivity contribution in [2.75, 3.05) is 68.0 Å². The third-order valence-electron chi connectivity index (χ3n) is 13.8. The topological polar surface area (TPSA) is 201 Å². The predicted molar refractivity (Wildman–Crippen MR) is 241 cm³/mol. The number of fused-ring (bicyclic) bond motifs is 2. The van der Waals surface area contributed by atoms with E-state index in [0.717, 1.165) is 86.4 Å². The van der Waals surface area contributed by atoms with Crippen molar-refractivity contribution in [2.45, 2.75) is 82.7 Å². The Morgan fingerprint density at radius 2 is 1.68 bits per heavy atom. The second kappa shape index (κ2) is 16.7. The molecule has 5 aliphatic heterocycles. The van der Waals surface area contributed by atoms with Crippen LogP contribution < -0.4 is 36.0 Å². The zero-order chi connectivity index (χ0) is 45.3. The number of rotatable bonds is 12. The van der Waals surface area contributed by atoms with E-state index in [2.05, 4.69) is 35.6 Å². The molecular weight excluding hydrogens is 856 g/mol. The van der Waals surface area contributed by atoms with Crippen LogP contribution in [0.4, 0.5) is 23.1 Å². The minimum Gasteiger partial charge on any atom is -0.478 e. The van der Waals surface area contributed by atoms with Crippen molar-refractivity contribution in [3.8, 4) is 5.75 Å². The van der Waals surface area contributed by atoms with E-state index in [9.17, 15) is 28.8 Å². The van der Waals surface area contributed by atoms with E-state index < -0.39 is 29.7 Å². The van der Waals surface area contributed by atoms with Gasteiger partial charge in [0.15, 0.2) is 18.2 Å². The van der Waals surface area contributed by atoms with Crippen LogP contribution in [0, 0.1) is 5.41 Å². The van der Waals surface area contributed by atoms with Crippen LogP contribution in [0.5, 0.6) is 5.75 Å². The van der Waals surface area contributed by atoms with Gasteiger partial charge in [0, 0.05) is 87.0 Å². The molecule has 1 spiro atoms. The summed E-state index contributed by atoms with van der Waals surface area (Å²) in [5.74, 6) is -1.18. The van der Waals surface area contributed by atoms with Crippen molar-refractivity contribution in [3.05, 3.63) is 75.2 Å². The van der Waals surface area contributed by atoms with Crippen LogP contribution in [0.3, 0.4) is 0 Å². The highest BCUT2D eigenvalue weighted by Gasteiger charge is 2.55. The number of carbonyl (C=O) groups is 5. The van der Waals surface area contributed by atoms with Gasteiger partial charge in [-0.1, -0.05) is 11.6 Å². The van der Waals surface area contributed by atoms with Crippen LogP contribution in [-0.4, -0.2) is 131 Å². The molecule has 19 heteroatoms. The Morgan fingerprint density at radius 1 is 0.923 bits per heavy atom. The fourth-order valence-corrected chi connectivity index (χ4v) is 10.4. The highest BCUT2D eigenvalue weighted by atomic mass is 35.5. The summed E-state index contributed by atoms with van der Waals surface area (Å²) in [7, 11) is 1.51. The van der Waals surface area contributed by atoms with Crippen LogP contribution in [0.25, 0.3) is 10.9 Å². The quantitative estimate of drug-likeness (QED) is 0.174. The molecule has 6 aliphatic rings. The number of pyridine rings is 1. The van der Waals surface area contributed by atoms with Gasteiger partial charge in [0.05, 0.1) is 35.0 Å². The van der Waals surface area contributed by atoms with Crippen LogP contribution in [0.1, 0.15) is 79.1 Å². The summed E-state index contributed by atoms with van der Waals surface area (Å²) in [4.78, 5) is 93.0. The summed E-state index contributed by atoms with van der Waals surface area (Å²) in [5.41, 5.74) is 2.85. The number of hydrogen-bond donors (Lipinski definition) is 3. The molecule has 0 bridgehead atoms. The van der Waals surface area contributed by atoms with E-state index >= 15 is 0 Å². The van der Waals surface area contributed by atoms with Crippen LogP contribution in [0.2, 0.25) is 5.02 Å². The maximum Gasteiger partial charge on any atom is 0.293 e. The van der Waals surface area contributed by atoms with Gasteiger partial charge in [0.2, 0.25) is 17.8 Å². The van der Waals surface area contributed by atoms with E-state index in [0.29, 0.717) is 39.6 Å². The molecule has 340 valence electrons. The van der Waals surface area contributed by atoms with Gasteiger partial charge in [-0.2, -0.15) is 4.98 Å². The van der Waals surface area contributed by atoms with Crippen molar-refractivity contribution in [3.63, 3.8) is 0 Å². The molecule has 18 nitrogen and oxygen atoms in total. The van der Waals surface area contributed by atoms with E-state index in [4.69, 9.17) is 26.1 Å². The Bertz CT molecular complexity index is 2680. The number of anilines is 4. The Hall–Kier alpha value is -6.11. The molecule has 4 saturated heterocycles. The molecule has 3 N–H and O–H groups in total. The zero-order valence-electron chi connectivity index (χ0n) is 36.5. The molecule has 7 heterocycles. The number of aromatic nitrogens is 3. The first-order valence-corrected chi connectivity index (χ1v) is 22.7. The minimum atomic E-state index is -0.975. The Kier molecular flexibility index (Phi) is 11.0. The average Bonchev–Trinajstić information content (AvgIpc) is 3.49. The van der Waals surface area contributed by atoms with Gasteiger partial charge in [-0.25, -0.2) is 4.98 Å². The van der Waals surface area contributed by atoms with Gasteiger partial charge >= 0.3 is 0 Å². The number of imide groups is 2. The summed E-state index contributed by atoms with van der Waals surface area (Å²) in [6.45, 7) is 8.89. The zero-order valence-corrected chi connectivity index (χ0v) is 37.2. The molecular formula is C46H51ClN10O8. The summed E-state index contributed by atoms with van der Waals surface area (Å²) < 4.78 is 13.8. The normalized spacial score (nSPS) is 23.0. The number of likely N-dealkylation sites (N-methyl/N-ethyl adjacent to an activating group) is 1. The second-order valence-electron chi connectivity index (χ2n) is 18.5. The van der Waals surface area contributed by atoms with E-state index in [1.165, 1.54) is 7.05 Å². The number of nitrogens with one attached hydrogen (secondary N) is 3. The number of piperidine rings is 2. The molecule has 1 aliphatic carbocycles. The van der Waals surface area contributed by atoms with Crippen molar-refractivity contribution in [2.24, 2.45) is 5.41 Å². The summed E-state index contributed by atoms with van der Waals surface area (Å²) in [6.07, 6.45) is 6.01. The first-order valence-electron chi connectivity index (χ1n) is 22.3. The Balaban J connectivity index is 0.681. The number of benzene rings is 2. The lowest BCUT2D eigenvalue weighted by Crippen LogP contribution is -2.75. The number of halogens is 1. The number of carbonyl (C=O) groups excluding carboxylic acids is 5. The molecule has 5 amide bonds. The fourth-order valence-electron chi connectivity index (χ4n) is 10.3. The lowest BCUT2D eigenvalue weighted by molar-refractivity contribution is -0.136. The van der Waals surface area contributed by atoms with Crippen molar-refractivity contribution >= 4 is 75.2 Å². The van der Waals surface area contributed by atoms with Gasteiger partial charge < -0.3 is 34.5 Å². The summed E-state index contributed by atoms with van der Waals surface area (Å²) in [5, 5.41) is 9.19. The van der Waals surface area contributed by atoms with Gasteiger partial charge in [0.1, 0.15) is 11.1 Å². The van der Waals surface area contributed by atoms with E-state index in [1.807, 2.05) is 38.1 Å². The minimum absolute atomic E-state index is 0.0889. The monoisotopic (exact) mass is 906 g/mol. The Morgan fingerprint density at radius 3 is 2.40 bits per heavy atom. The molecule has 4 aromatic rings. The van der Waals surface area contributed by atoms with Crippen LogP contribution in [0.15, 0.2) is 53.5 Å². The molecule has 65 heavy (non-hydrogen) atoms. The average molecular weight is 907 g/mol. The van der Waals surface area contributed by atoms with Crippen molar-refractivity contribution in [1.82, 2.24) is 35.0 Å². The largest absolute Gasteiger partial charge is 0.478 e. The van der Waals surface area contributed by atoms with Gasteiger partial charge in [0.25, 0.3) is 23.3 Å². The smallest absolute Gasteiger partial charge is 0.293 e. The van der Waals surface area contributed by atoms with Crippen molar-refractivity contribution in [1.29, 1.82) is 0 Å². The molecule has 10 rings (SSSR count).